The van der Waals surface area contributed by atoms with Gasteiger partial charge in [0.05, 0.1) is 6.61 Å². The number of alkyl halides is 3. The van der Waals surface area contributed by atoms with Gasteiger partial charge in [-0.2, -0.15) is 0 Å². The molecule has 5 fully saturated rings. The number of halogens is 3. The third-order valence-corrected chi connectivity index (χ3v) is 8.64. The molecule has 0 spiro atoms. The standard InChI is InChI=1S/C25H32F3N3O4/c1-14(16-2-4-19(5-3-16)35-25(26,27)28)31-6-7-34-20(13-31)22(32)30-21-17-8-15-9-18(21)12-24(10-15,11-17)23(29)33/h2-5,14-15,17-18,20-21H,6-13H2,1H3,(H2,29,33)(H,30,32)/t14?,15?,17?,18?,20-,21?,24?/m1/s1. The summed E-state index contributed by atoms with van der Waals surface area (Å²) in [4.78, 5) is 27.5. The zero-order chi connectivity index (χ0) is 25.0. The molecule has 192 valence electrons. The smallest absolute Gasteiger partial charge is 0.406 e. The van der Waals surface area contributed by atoms with Gasteiger partial charge < -0.3 is 20.5 Å². The van der Waals surface area contributed by atoms with Crippen LogP contribution in [0.25, 0.3) is 0 Å². The fraction of sp³-hybridized carbons (Fsp3) is 0.680. The molecule has 4 atom stereocenters. The van der Waals surface area contributed by atoms with Crippen LogP contribution in [-0.2, 0) is 14.3 Å². The second-order valence-electron chi connectivity index (χ2n) is 10.8. The molecule has 1 aromatic carbocycles. The normalized spacial score (nSPS) is 35.5. The predicted molar refractivity (Wildman–Crippen MR) is 120 cm³/mol. The summed E-state index contributed by atoms with van der Waals surface area (Å²) in [5, 5.41) is 3.25. The maximum Gasteiger partial charge on any atom is 0.573 e. The highest BCUT2D eigenvalue weighted by Crippen LogP contribution is 2.59. The molecule has 1 aromatic rings. The number of ether oxygens (including phenoxy) is 2. The lowest BCUT2D eigenvalue weighted by molar-refractivity contribution is -0.274. The van der Waals surface area contributed by atoms with Crippen LogP contribution in [0, 0.1) is 23.2 Å². The number of carbonyl (C=O) groups is 2. The summed E-state index contributed by atoms with van der Waals surface area (Å²) in [6.45, 7) is 3.36. The first-order chi connectivity index (χ1) is 16.5. The minimum absolute atomic E-state index is 0.0455. The fourth-order valence-corrected chi connectivity index (χ4v) is 7.16. The third-order valence-electron chi connectivity index (χ3n) is 8.64. The Labute approximate surface area is 202 Å². The van der Waals surface area contributed by atoms with Crippen molar-refractivity contribution in [3.63, 3.8) is 0 Å². The molecule has 3 N–H and O–H groups in total. The van der Waals surface area contributed by atoms with E-state index in [1.165, 1.54) is 12.1 Å². The number of primary amides is 1. The lowest BCUT2D eigenvalue weighted by Crippen LogP contribution is -2.63. The summed E-state index contributed by atoms with van der Waals surface area (Å²) in [6.07, 6.45) is -0.904. The average Bonchev–Trinajstić information content (AvgIpc) is 2.80. The lowest BCUT2D eigenvalue weighted by Gasteiger charge is -2.59. The molecule has 4 saturated carbocycles. The molecule has 10 heteroatoms. The number of morpholine rings is 1. The van der Waals surface area contributed by atoms with E-state index in [2.05, 4.69) is 15.0 Å². The summed E-state index contributed by atoms with van der Waals surface area (Å²) in [6, 6.07) is 5.76. The Morgan fingerprint density at radius 2 is 1.83 bits per heavy atom. The number of carbonyl (C=O) groups excluding carboxylic acids is 2. The monoisotopic (exact) mass is 495 g/mol. The number of benzene rings is 1. The minimum atomic E-state index is -4.73. The summed E-state index contributed by atoms with van der Waals surface area (Å²) < 4.78 is 47.0. The molecule has 7 nitrogen and oxygen atoms in total. The van der Waals surface area contributed by atoms with Crippen molar-refractivity contribution in [2.45, 2.75) is 63.6 Å². The molecule has 1 heterocycles. The molecule has 1 saturated heterocycles. The first-order valence-corrected chi connectivity index (χ1v) is 12.3. The van der Waals surface area contributed by atoms with Crippen molar-refractivity contribution in [3.05, 3.63) is 29.8 Å². The Balaban J connectivity index is 1.20. The highest BCUT2D eigenvalue weighted by atomic mass is 19.4. The Hall–Kier alpha value is -2.33. The van der Waals surface area contributed by atoms with Gasteiger partial charge in [0, 0.05) is 30.6 Å². The first-order valence-electron chi connectivity index (χ1n) is 12.3. The number of amides is 2. The van der Waals surface area contributed by atoms with Crippen molar-refractivity contribution in [3.8, 4) is 5.75 Å². The highest BCUT2D eigenvalue weighted by molar-refractivity contribution is 5.83. The van der Waals surface area contributed by atoms with Crippen molar-refractivity contribution in [2.24, 2.45) is 28.9 Å². The van der Waals surface area contributed by atoms with Gasteiger partial charge in [-0.25, -0.2) is 0 Å². The number of nitrogens with one attached hydrogen (secondary N) is 1. The molecule has 35 heavy (non-hydrogen) atoms. The Morgan fingerprint density at radius 1 is 1.17 bits per heavy atom. The molecule has 4 aliphatic carbocycles. The van der Waals surface area contributed by atoms with Crippen LogP contribution in [0.15, 0.2) is 24.3 Å². The Bertz CT molecular complexity index is 954. The van der Waals surface area contributed by atoms with Crippen LogP contribution >= 0.6 is 0 Å². The molecule has 2 amide bonds. The van der Waals surface area contributed by atoms with E-state index in [-0.39, 0.29) is 41.5 Å². The van der Waals surface area contributed by atoms with Crippen LogP contribution in [-0.4, -0.2) is 54.9 Å². The van der Waals surface area contributed by atoms with E-state index in [1.807, 2.05) is 6.92 Å². The number of rotatable bonds is 6. The number of hydrogen-bond donors (Lipinski definition) is 2. The van der Waals surface area contributed by atoms with E-state index < -0.39 is 17.9 Å². The zero-order valence-corrected chi connectivity index (χ0v) is 19.7. The van der Waals surface area contributed by atoms with Crippen LogP contribution in [0.1, 0.15) is 50.6 Å². The van der Waals surface area contributed by atoms with E-state index in [0.717, 1.165) is 37.7 Å². The van der Waals surface area contributed by atoms with Gasteiger partial charge in [0.2, 0.25) is 5.91 Å². The maximum absolute atomic E-state index is 13.2. The van der Waals surface area contributed by atoms with E-state index in [9.17, 15) is 22.8 Å². The first kappa shape index (κ1) is 24.4. The number of hydrogen-bond acceptors (Lipinski definition) is 5. The van der Waals surface area contributed by atoms with E-state index in [0.29, 0.717) is 25.6 Å². The fourth-order valence-electron chi connectivity index (χ4n) is 7.16. The topological polar surface area (TPSA) is 93.9 Å². The van der Waals surface area contributed by atoms with E-state index >= 15 is 0 Å². The molecule has 0 radical (unpaired) electrons. The van der Waals surface area contributed by atoms with Crippen LogP contribution in [0.4, 0.5) is 13.2 Å². The second kappa shape index (κ2) is 8.96. The lowest BCUT2D eigenvalue weighted by atomic mass is 9.47. The SMILES string of the molecule is CC(c1ccc(OC(F)(F)F)cc1)N1CCO[C@@H](C(=O)NC2C3CC4CC2CC(C(N)=O)(C4)C3)C1. The highest BCUT2D eigenvalue weighted by Gasteiger charge is 2.58. The van der Waals surface area contributed by atoms with E-state index in [4.69, 9.17) is 10.5 Å². The van der Waals surface area contributed by atoms with Crippen molar-refractivity contribution in [1.82, 2.24) is 10.2 Å². The van der Waals surface area contributed by atoms with E-state index in [1.54, 1.807) is 12.1 Å². The molecular formula is C25H32F3N3O4. The van der Waals surface area contributed by atoms with Gasteiger partial charge in [0.1, 0.15) is 11.9 Å². The number of nitrogens with zero attached hydrogens (tertiary/aromatic N) is 1. The van der Waals surface area contributed by atoms with Crippen LogP contribution in [0.5, 0.6) is 5.75 Å². The Kier molecular flexibility index (Phi) is 6.24. The second-order valence-corrected chi connectivity index (χ2v) is 10.8. The van der Waals surface area contributed by atoms with Crippen molar-refractivity contribution in [1.29, 1.82) is 0 Å². The summed E-state index contributed by atoms with van der Waals surface area (Å²) >= 11 is 0. The van der Waals surface area contributed by atoms with Crippen LogP contribution in [0.2, 0.25) is 0 Å². The summed E-state index contributed by atoms with van der Waals surface area (Å²) in [5.74, 6) is 0.466. The maximum atomic E-state index is 13.2. The average molecular weight is 496 g/mol. The molecule has 3 unspecified atom stereocenters. The molecule has 6 rings (SSSR count). The van der Waals surface area contributed by atoms with Gasteiger partial charge in [0.15, 0.2) is 0 Å². The van der Waals surface area contributed by atoms with Gasteiger partial charge in [-0.3, -0.25) is 14.5 Å². The van der Waals surface area contributed by atoms with Crippen molar-refractivity contribution < 1.29 is 32.2 Å². The Morgan fingerprint density at radius 3 is 2.43 bits per heavy atom. The molecule has 4 bridgehead atoms. The molecule has 1 aliphatic heterocycles. The minimum Gasteiger partial charge on any atom is -0.406 e. The zero-order valence-electron chi connectivity index (χ0n) is 19.7. The quantitative estimate of drug-likeness (QED) is 0.633. The number of nitrogens with two attached hydrogens (primary N) is 1. The van der Waals surface area contributed by atoms with Crippen LogP contribution < -0.4 is 15.8 Å². The molecular weight excluding hydrogens is 463 g/mol. The van der Waals surface area contributed by atoms with Crippen LogP contribution in [0.3, 0.4) is 0 Å². The summed E-state index contributed by atoms with van der Waals surface area (Å²) in [5.41, 5.74) is 6.21. The third kappa shape index (κ3) is 4.87. The van der Waals surface area contributed by atoms with Crippen molar-refractivity contribution in [2.75, 3.05) is 19.7 Å². The van der Waals surface area contributed by atoms with Gasteiger partial charge in [-0.1, -0.05) is 12.1 Å². The van der Waals surface area contributed by atoms with Gasteiger partial charge in [-0.15, -0.1) is 13.2 Å². The molecule has 5 aliphatic rings. The van der Waals surface area contributed by atoms with Gasteiger partial charge >= 0.3 is 6.36 Å². The van der Waals surface area contributed by atoms with Gasteiger partial charge in [-0.05, 0) is 74.5 Å². The molecule has 0 aromatic heterocycles. The largest absolute Gasteiger partial charge is 0.573 e. The van der Waals surface area contributed by atoms with Crippen molar-refractivity contribution >= 4 is 11.8 Å². The van der Waals surface area contributed by atoms with Gasteiger partial charge in [0.25, 0.3) is 5.91 Å². The predicted octanol–water partition coefficient (Wildman–Crippen LogP) is 3.14. The summed E-state index contributed by atoms with van der Waals surface area (Å²) in [7, 11) is 0.